The van der Waals surface area contributed by atoms with E-state index in [0.29, 0.717) is 12.1 Å². The third-order valence-corrected chi connectivity index (χ3v) is 3.34. The average Bonchev–Trinajstić information content (AvgIpc) is 2.47. The van der Waals surface area contributed by atoms with Gasteiger partial charge in [0.1, 0.15) is 5.82 Å². The topological polar surface area (TPSA) is 61.8 Å². The number of amidine groups is 1. The summed E-state index contributed by atoms with van der Waals surface area (Å²) in [6.45, 7) is 4.58. The lowest BCUT2D eigenvalue weighted by atomic mass is 10.1. The normalized spacial score (nSPS) is 11.5. The first kappa shape index (κ1) is 14.8. The van der Waals surface area contributed by atoms with Gasteiger partial charge in [-0.15, -0.1) is 0 Å². The van der Waals surface area contributed by atoms with Crippen molar-refractivity contribution in [3.8, 4) is 0 Å². The van der Waals surface area contributed by atoms with Crippen molar-refractivity contribution >= 4 is 17.2 Å². The monoisotopic (exact) mass is 287 g/mol. The number of anilines is 2. The van der Waals surface area contributed by atoms with E-state index in [-0.39, 0.29) is 11.7 Å². The molecule has 3 N–H and O–H groups in total. The van der Waals surface area contributed by atoms with Crippen molar-refractivity contribution in [2.75, 3.05) is 11.4 Å². The van der Waals surface area contributed by atoms with Crippen LogP contribution in [0.5, 0.6) is 0 Å². The fourth-order valence-corrected chi connectivity index (χ4v) is 2.32. The molecule has 0 heterocycles. The van der Waals surface area contributed by atoms with Gasteiger partial charge >= 0.3 is 0 Å². The molecule has 0 fully saturated rings. The molecule has 0 aliphatic heterocycles. The zero-order valence-corrected chi connectivity index (χ0v) is 12.0. The first-order valence-electron chi connectivity index (χ1n) is 6.68. The van der Waals surface area contributed by atoms with E-state index in [2.05, 4.69) is 5.16 Å². The molecular formula is C16H18FN3O. The molecule has 2 rings (SSSR count). The first-order chi connectivity index (χ1) is 10.1. The van der Waals surface area contributed by atoms with Gasteiger partial charge in [0.15, 0.2) is 5.84 Å². The Kier molecular flexibility index (Phi) is 4.42. The van der Waals surface area contributed by atoms with Crippen molar-refractivity contribution in [2.24, 2.45) is 10.9 Å². The minimum Gasteiger partial charge on any atom is -0.409 e. The minimum atomic E-state index is -0.268. The van der Waals surface area contributed by atoms with E-state index < -0.39 is 0 Å². The largest absolute Gasteiger partial charge is 0.409 e. The smallest absolute Gasteiger partial charge is 0.170 e. The molecule has 0 saturated heterocycles. The second kappa shape index (κ2) is 6.26. The lowest BCUT2D eigenvalue weighted by molar-refractivity contribution is 0.318. The Morgan fingerprint density at radius 1 is 1.24 bits per heavy atom. The molecule has 0 radical (unpaired) electrons. The predicted molar refractivity (Wildman–Crippen MR) is 82.8 cm³/mol. The van der Waals surface area contributed by atoms with Gasteiger partial charge in [-0.05, 0) is 55.8 Å². The van der Waals surface area contributed by atoms with Gasteiger partial charge in [-0.25, -0.2) is 4.39 Å². The van der Waals surface area contributed by atoms with E-state index >= 15 is 0 Å². The summed E-state index contributed by atoms with van der Waals surface area (Å²) in [5, 5.41) is 11.8. The van der Waals surface area contributed by atoms with Crippen molar-refractivity contribution in [1.29, 1.82) is 0 Å². The van der Waals surface area contributed by atoms with Crippen LogP contribution in [-0.2, 0) is 0 Å². The van der Waals surface area contributed by atoms with Crippen LogP contribution >= 0.6 is 0 Å². The molecule has 0 bridgehead atoms. The van der Waals surface area contributed by atoms with Gasteiger partial charge in [0.25, 0.3) is 0 Å². The summed E-state index contributed by atoms with van der Waals surface area (Å²) >= 11 is 0. The van der Waals surface area contributed by atoms with Gasteiger partial charge in [0.05, 0.1) is 0 Å². The van der Waals surface area contributed by atoms with Crippen LogP contribution in [0.15, 0.2) is 47.6 Å². The highest BCUT2D eigenvalue weighted by Gasteiger charge is 2.11. The number of halogens is 1. The Morgan fingerprint density at radius 2 is 1.95 bits per heavy atom. The van der Waals surface area contributed by atoms with E-state index in [0.717, 1.165) is 16.9 Å². The Balaban J connectivity index is 2.42. The maximum absolute atomic E-state index is 13.4. The van der Waals surface area contributed by atoms with E-state index in [9.17, 15) is 4.39 Å². The van der Waals surface area contributed by atoms with Crippen molar-refractivity contribution in [2.45, 2.75) is 13.8 Å². The Morgan fingerprint density at radius 3 is 2.52 bits per heavy atom. The van der Waals surface area contributed by atoms with Crippen LogP contribution in [0.4, 0.5) is 15.8 Å². The highest BCUT2D eigenvalue weighted by molar-refractivity contribution is 5.98. The quantitative estimate of drug-likeness (QED) is 0.392. The summed E-state index contributed by atoms with van der Waals surface area (Å²) in [6.07, 6.45) is 0. The van der Waals surface area contributed by atoms with Crippen LogP contribution in [0.25, 0.3) is 0 Å². The number of rotatable bonds is 4. The molecule has 2 aromatic rings. The van der Waals surface area contributed by atoms with Crippen LogP contribution in [0.3, 0.4) is 0 Å². The summed E-state index contributed by atoms with van der Waals surface area (Å²) in [5.74, 6) is -0.191. The van der Waals surface area contributed by atoms with Gasteiger partial charge in [-0.1, -0.05) is 11.2 Å². The molecule has 2 aromatic carbocycles. The van der Waals surface area contributed by atoms with Crippen LogP contribution in [0, 0.1) is 12.7 Å². The molecule has 4 nitrogen and oxygen atoms in total. The third kappa shape index (κ3) is 3.13. The lowest BCUT2D eigenvalue weighted by Crippen LogP contribution is -2.18. The van der Waals surface area contributed by atoms with Gasteiger partial charge in [-0.3, -0.25) is 0 Å². The maximum atomic E-state index is 13.4. The van der Waals surface area contributed by atoms with E-state index in [1.54, 1.807) is 12.1 Å². The molecule has 0 aromatic heterocycles. The highest BCUT2D eigenvalue weighted by atomic mass is 19.1. The van der Waals surface area contributed by atoms with Crippen molar-refractivity contribution in [3.63, 3.8) is 0 Å². The third-order valence-electron chi connectivity index (χ3n) is 3.34. The van der Waals surface area contributed by atoms with Crippen LogP contribution in [-0.4, -0.2) is 17.6 Å². The number of nitrogens with two attached hydrogens (primary N) is 1. The minimum absolute atomic E-state index is 0.0767. The number of hydrogen-bond acceptors (Lipinski definition) is 3. The Labute approximate surface area is 123 Å². The Bertz CT molecular complexity index is 670. The summed E-state index contributed by atoms with van der Waals surface area (Å²) < 4.78 is 13.4. The van der Waals surface area contributed by atoms with Gasteiger partial charge < -0.3 is 15.8 Å². The molecule has 0 unspecified atom stereocenters. The van der Waals surface area contributed by atoms with E-state index in [1.807, 2.05) is 36.9 Å². The molecular weight excluding hydrogens is 269 g/mol. The second-order valence-corrected chi connectivity index (χ2v) is 4.71. The predicted octanol–water partition coefficient (Wildman–Crippen LogP) is 3.39. The fraction of sp³-hybridized carbons (Fsp3) is 0.188. The fourth-order valence-electron chi connectivity index (χ4n) is 2.32. The zero-order valence-electron chi connectivity index (χ0n) is 12.0. The van der Waals surface area contributed by atoms with Crippen LogP contribution in [0.2, 0.25) is 0 Å². The molecule has 21 heavy (non-hydrogen) atoms. The molecule has 110 valence electrons. The standard InChI is InChI=1S/C16H18FN3O/c1-3-20(13-6-4-5-12(17)10-13)14-7-8-15(11(2)9-14)16(18)19-21/h4-10,21H,3H2,1-2H3,(H2,18,19). The average molecular weight is 287 g/mol. The summed E-state index contributed by atoms with van der Waals surface area (Å²) in [7, 11) is 0. The number of benzene rings is 2. The molecule has 0 saturated carbocycles. The number of aryl methyl sites for hydroxylation is 1. The van der Waals surface area contributed by atoms with Gasteiger partial charge in [0, 0.05) is 23.5 Å². The molecule has 0 amide bonds. The number of nitrogens with zero attached hydrogens (tertiary/aromatic N) is 2. The highest BCUT2D eigenvalue weighted by Crippen LogP contribution is 2.27. The SMILES string of the molecule is CCN(c1cccc(F)c1)c1ccc(/C(N)=N/O)c(C)c1. The van der Waals surface area contributed by atoms with Gasteiger partial charge in [-0.2, -0.15) is 0 Å². The first-order valence-corrected chi connectivity index (χ1v) is 6.68. The zero-order chi connectivity index (χ0) is 15.4. The van der Waals surface area contributed by atoms with Crippen LogP contribution in [0.1, 0.15) is 18.1 Å². The van der Waals surface area contributed by atoms with Crippen molar-refractivity contribution in [3.05, 3.63) is 59.4 Å². The van der Waals surface area contributed by atoms with Crippen molar-refractivity contribution in [1.82, 2.24) is 0 Å². The number of oxime groups is 1. The molecule has 0 spiro atoms. The second-order valence-electron chi connectivity index (χ2n) is 4.71. The summed E-state index contributed by atoms with van der Waals surface area (Å²) in [5.41, 5.74) is 8.90. The summed E-state index contributed by atoms with van der Waals surface area (Å²) in [4.78, 5) is 1.99. The lowest BCUT2D eigenvalue weighted by Gasteiger charge is -2.24. The van der Waals surface area contributed by atoms with Crippen LogP contribution < -0.4 is 10.6 Å². The summed E-state index contributed by atoms with van der Waals surface area (Å²) in [6, 6.07) is 12.1. The molecule has 5 heteroatoms. The molecule has 0 aliphatic rings. The van der Waals surface area contributed by atoms with E-state index in [4.69, 9.17) is 10.9 Å². The molecule has 0 aliphatic carbocycles. The number of hydrogen-bond donors (Lipinski definition) is 2. The van der Waals surface area contributed by atoms with E-state index in [1.165, 1.54) is 12.1 Å². The maximum Gasteiger partial charge on any atom is 0.170 e. The van der Waals surface area contributed by atoms with Gasteiger partial charge in [0.2, 0.25) is 0 Å². The Hall–Kier alpha value is -2.56. The molecule has 0 atom stereocenters. The van der Waals surface area contributed by atoms with Crippen molar-refractivity contribution < 1.29 is 9.60 Å².